The maximum Gasteiger partial charge on any atom is 0.352 e. The van der Waals surface area contributed by atoms with E-state index in [1.807, 2.05) is 6.92 Å². The van der Waals surface area contributed by atoms with Crippen LogP contribution in [-0.2, 0) is 21.4 Å². The Hall–Kier alpha value is -2.58. The van der Waals surface area contributed by atoms with Gasteiger partial charge < -0.3 is 10.4 Å². The molecule has 0 bridgehead atoms. The lowest BCUT2D eigenvalue weighted by Gasteiger charge is -2.49. The van der Waals surface area contributed by atoms with Crippen LogP contribution in [0.4, 0.5) is 0 Å². The molecule has 2 amide bonds. The third-order valence-corrected chi connectivity index (χ3v) is 8.71. The molecule has 2 N–H and O–H groups in total. The lowest BCUT2D eigenvalue weighted by molar-refractivity contribution is -0.151. The molecule has 1 fully saturated rings. The molecule has 0 aliphatic carbocycles. The number of carboxylic acid groups (broad SMARTS) is 1. The van der Waals surface area contributed by atoms with Crippen molar-refractivity contribution >= 4 is 52.9 Å². The number of β-lactam (4-membered cyclic amide) rings is 1. The highest BCUT2D eigenvalue weighted by atomic mass is 35.5. The quantitative estimate of drug-likeness (QED) is 0.379. The van der Waals surface area contributed by atoms with Crippen molar-refractivity contribution in [1.82, 2.24) is 40.2 Å². The number of tetrazole rings is 1. The zero-order valence-corrected chi connectivity index (χ0v) is 21.2. The molecule has 2 aromatic heterocycles. The van der Waals surface area contributed by atoms with Crippen molar-refractivity contribution in [2.24, 2.45) is 7.05 Å². The number of fused-ring (bicyclic) bond motifs is 1. The number of aliphatic carboxylic acids is 1. The number of hydrogen-bond acceptors (Lipinski definition) is 9. The van der Waals surface area contributed by atoms with Gasteiger partial charge in [-0.25, -0.2) is 9.48 Å². The molecular formula is C19H23ClN8O4S2. The summed E-state index contributed by atoms with van der Waals surface area (Å²) in [5, 5.41) is 28.8. The molecule has 182 valence electrons. The molecule has 2 aromatic rings. The Labute approximate surface area is 208 Å². The first-order valence-corrected chi connectivity index (χ1v) is 12.8. The summed E-state index contributed by atoms with van der Waals surface area (Å²) in [6, 6.07) is -1.45. The Morgan fingerprint density at radius 2 is 2.12 bits per heavy atom. The number of halogens is 1. The van der Waals surface area contributed by atoms with Gasteiger partial charge in [0.2, 0.25) is 11.1 Å². The van der Waals surface area contributed by atoms with Gasteiger partial charge in [-0.05, 0) is 36.3 Å². The Morgan fingerprint density at radius 3 is 2.68 bits per heavy atom. The molecule has 4 heterocycles. The predicted molar refractivity (Wildman–Crippen MR) is 125 cm³/mol. The van der Waals surface area contributed by atoms with Crippen LogP contribution in [-0.4, -0.2) is 80.7 Å². The molecule has 0 spiro atoms. The van der Waals surface area contributed by atoms with Gasteiger partial charge in [-0.2, -0.15) is 5.10 Å². The van der Waals surface area contributed by atoms with Gasteiger partial charge in [0.1, 0.15) is 23.2 Å². The summed E-state index contributed by atoms with van der Waals surface area (Å²) in [5.74, 6) is -1.26. The highest BCUT2D eigenvalue weighted by Crippen LogP contribution is 2.41. The van der Waals surface area contributed by atoms with E-state index >= 15 is 0 Å². The number of carbonyl (C=O) groups is 3. The first kappa shape index (κ1) is 24.5. The Kier molecular flexibility index (Phi) is 6.92. The molecule has 0 unspecified atom stereocenters. The number of carbonyl (C=O) groups excluding carboxylic acids is 2. The van der Waals surface area contributed by atoms with Gasteiger partial charge in [0.15, 0.2) is 0 Å². The van der Waals surface area contributed by atoms with Gasteiger partial charge in [0.05, 0.1) is 16.4 Å². The number of thioether (sulfide) groups is 2. The first-order chi connectivity index (χ1) is 16.1. The van der Waals surface area contributed by atoms with Gasteiger partial charge in [-0.3, -0.25) is 19.2 Å². The van der Waals surface area contributed by atoms with Crippen LogP contribution >= 0.6 is 35.1 Å². The lowest BCUT2D eigenvalue weighted by atomic mass is 10.0. The average molecular weight is 527 g/mol. The van der Waals surface area contributed by atoms with E-state index in [1.54, 1.807) is 25.6 Å². The SMILES string of the molecule is CC[C@H](C(=O)N[C@H]1C(=O)N2C(C(=O)O)=C(CSc3nnnn3C)CS[C@@H]12)n1nc(C)c(Cl)c1C. The second-order valence-electron chi connectivity index (χ2n) is 7.88. The summed E-state index contributed by atoms with van der Waals surface area (Å²) in [4.78, 5) is 39.3. The van der Waals surface area contributed by atoms with Gasteiger partial charge in [0.25, 0.3) is 5.91 Å². The number of rotatable bonds is 8. The third kappa shape index (κ3) is 4.18. The van der Waals surface area contributed by atoms with Gasteiger partial charge in [-0.1, -0.05) is 30.3 Å². The van der Waals surface area contributed by atoms with Crippen LogP contribution in [0.1, 0.15) is 30.8 Å². The van der Waals surface area contributed by atoms with Crippen LogP contribution in [0.15, 0.2) is 16.4 Å². The molecule has 34 heavy (non-hydrogen) atoms. The fraction of sp³-hybridized carbons (Fsp3) is 0.526. The molecule has 0 aromatic carbocycles. The van der Waals surface area contributed by atoms with Crippen molar-refractivity contribution in [2.75, 3.05) is 11.5 Å². The van der Waals surface area contributed by atoms with E-state index in [-0.39, 0.29) is 11.6 Å². The summed E-state index contributed by atoms with van der Waals surface area (Å²) in [5.41, 5.74) is 1.85. The van der Waals surface area contributed by atoms with Crippen molar-refractivity contribution < 1.29 is 19.5 Å². The van der Waals surface area contributed by atoms with E-state index in [1.165, 1.54) is 33.1 Å². The van der Waals surface area contributed by atoms with Crippen LogP contribution in [0.2, 0.25) is 5.02 Å². The minimum Gasteiger partial charge on any atom is -0.477 e. The molecule has 2 aliphatic heterocycles. The summed E-state index contributed by atoms with van der Waals surface area (Å²) >= 11 is 8.95. The standard InChI is InChI=1S/C19H23ClN8O4S2/c1-5-11(28-9(3)12(20)8(2)23-28)15(29)21-13-16(30)27-14(18(31)32)10(6-33-17(13)27)7-34-19-22-24-25-26(19)4/h11,13,17H,5-7H2,1-4H3,(H,21,29)(H,31,32)/t11-,13+,17+/m1/s1. The molecular weight excluding hydrogens is 504 g/mol. The van der Waals surface area contributed by atoms with E-state index < -0.39 is 29.3 Å². The number of nitrogens with zero attached hydrogens (tertiary/aromatic N) is 7. The van der Waals surface area contributed by atoms with E-state index in [0.29, 0.717) is 45.1 Å². The van der Waals surface area contributed by atoms with Crippen molar-refractivity contribution in [3.05, 3.63) is 27.7 Å². The van der Waals surface area contributed by atoms with Crippen molar-refractivity contribution in [1.29, 1.82) is 0 Å². The maximum absolute atomic E-state index is 13.1. The number of nitrogens with one attached hydrogen (secondary N) is 1. The highest BCUT2D eigenvalue weighted by molar-refractivity contribution is 8.01. The smallest absolute Gasteiger partial charge is 0.352 e. The summed E-state index contributed by atoms with van der Waals surface area (Å²) in [6.45, 7) is 5.39. The molecule has 1 saturated heterocycles. The Balaban J connectivity index is 1.49. The highest BCUT2D eigenvalue weighted by Gasteiger charge is 2.54. The van der Waals surface area contributed by atoms with Crippen LogP contribution in [0.5, 0.6) is 0 Å². The Morgan fingerprint density at radius 1 is 1.38 bits per heavy atom. The molecule has 0 radical (unpaired) electrons. The fourth-order valence-corrected chi connectivity index (χ4v) is 6.41. The van der Waals surface area contributed by atoms with E-state index in [9.17, 15) is 19.5 Å². The first-order valence-electron chi connectivity index (χ1n) is 10.4. The van der Waals surface area contributed by atoms with Gasteiger partial charge >= 0.3 is 5.97 Å². The summed E-state index contributed by atoms with van der Waals surface area (Å²) in [7, 11) is 1.69. The minimum atomic E-state index is -1.18. The zero-order valence-electron chi connectivity index (χ0n) is 18.9. The van der Waals surface area contributed by atoms with Crippen molar-refractivity contribution in [3.8, 4) is 0 Å². The van der Waals surface area contributed by atoms with E-state index in [0.717, 1.165) is 0 Å². The normalized spacial score (nSPS) is 20.7. The van der Waals surface area contributed by atoms with Gasteiger partial charge in [-0.15, -0.1) is 16.9 Å². The molecule has 2 aliphatic rings. The van der Waals surface area contributed by atoms with Crippen LogP contribution < -0.4 is 5.32 Å². The van der Waals surface area contributed by atoms with Gasteiger partial charge in [0, 0.05) is 18.6 Å². The Bertz CT molecular complexity index is 1200. The minimum absolute atomic E-state index is 0.0424. The average Bonchev–Trinajstić information content (AvgIpc) is 3.33. The monoisotopic (exact) mass is 526 g/mol. The van der Waals surface area contributed by atoms with E-state index in [4.69, 9.17) is 11.6 Å². The van der Waals surface area contributed by atoms with Crippen LogP contribution in [0, 0.1) is 13.8 Å². The topological polar surface area (TPSA) is 148 Å². The number of aromatic nitrogens is 6. The zero-order chi connectivity index (χ0) is 24.7. The predicted octanol–water partition coefficient (Wildman–Crippen LogP) is 1.16. The fourth-order valence-electron chi connectivity index (χ4n) is 3.95. The second-order valence-corrected chi connectivity index (χ2v) is 10.3. The summed E-state index contributed by atoms with van der Waals surface area (Å²) in [6.07, 6.45) is 0.450. The van der Waals surface area contributed by atoms with Crippen LogP contribution in [0.3, 0.4) is 0 Å². The molecule has 3 atom stereocenters. The van der Waals surface area contributed by atoms with Crippen LogP contribution in [0.25, 0.3) is 0 Å². The lowest BCUT2D eigenvalue weighted by Crippen LogP contribution is -2.71. The molecule has 12 nitrogen and oxygen atoms in total. The third-order valence-electron chi connectivity index (χ3n) is 5.73. The van der Waals surface area contributed by atoms with Crippen molar-refractivity contribution in [2.45, 2.75) is 49.8 Å². The molecule has 15 heteroatoms. The number of amides is 2. The van der Waals surface area contributed by atoms with Crippen molar-refractivity contribution in [3.63, 3.8) is 0 Å². The second kappa shape index (κ2) is 9.58. The number of aryl methyl sites for hydroxylation is 2. The summed E-state index contributed by atoms with van der Waals surface area (Å²) < 4.78 is 3.06. The maximum atomic E-state index is 13.1. The number of carboxylic acids is 1. The number of hydrogen-bond donors (Lipinski definition) is 2. The van der Waals surface area contributed by atoms with E-state index in [2.05, 4.69) is 25.9 Å². The molecule has 4 rings (SSSR count). The largest absolute Gasteiger partial charge is 0.477 e. The molecule has 0 saturated carbocycles.